The van der Waals surface area contributed by atoms with Gasteiger partial charge < -0.3 is 4.74 Å². The highest BCUT2D eigenvalue weighted by Crippen LogP contribution is 2.33. The molecule has 2 rings (SSSR count). The van der Waals surface area contributed by atoms with E-state index in [0.29, 0.717) is 17.6 Å². The summed E-state index contributed by atoms with van der Waals surface area (Å²) in [6, 6.07) is 9.00. The van der Waals surface area contributed by atoms with Crippen LogP contribution in [0.1, 0.15) is 63.2 Å². The van der Waals surface area contributed by atoms with E-state index in [0.717, 1.165) is 32.0 Å². The molecule has 0 heterocycles. The maximum Gasteiger partial charge on any atom is 0.338 e. The Kier molecular flexibility index (Phi) is 6.74. The Morgan fingerprint density at radius 3 is 2.60 bits per heavy atom. The van der Waals surface area contributed by atoms with Crippen LogP contribution >= 0.6 is 0 Å². The number of hydrogen-bond donors (Lipinski definition) is 0. The van der Waals surface area contributed by atoms with Gasteiger partial charge in [0, 0.05) is 5.41 Å². The van der Waals surface area contributed by atoms with Crippen molar-refractivity contribution in [3.63, 3.8) is 0 Å². The number of rotatable bonds is 3. The number of benzene rings is 1. The van der Waals surface area contributed by atoms with Gasteiger partial charge in [0.1, 0.15) is 12.4 Å². The van der Waals surface area contributed by atoms with E-state index in [1.165, 1.54) is 5.57 Å². The molecule has 3 heteroatoms. The zero-order valence-corrected chi connectivity index (χ0v) is 15.5. The molecule has 0 unspecified atom stereocenters. The first-order valence-electron chi connectivity index (χ1n) is 9.00. The van der Waals surface area contributed by atoms with Crippen molar-refractivity contribution in [3.05, 3.63) is 59.2 Å². The molecule has 1 atom stereocenters. The maximum atomic E-state index is 12.5. The van der Waals surface area contributed by atoms with Crippen LogP contribution in [0.4, 0.5) is 0 Å². The maximum absolute atomic E-state index is 12.5. The topological polar surface area (TPSA) is 43.4 Å². The Hall–Kier alpha value is -2.16. The van der Waals surface area contributed by atoms with Crippen LogP contribution in [0.15, 0.2) is 53.6 Å². The van der Waals surface area contributed by atoms with E-state index < -0.39 is 6.10 Å². The van der Waals surface area contributed by atoms with Crippen LogP contribution in [0.25, 0.3) is 0 Å². The van der Waals surface area contributed by atoms with Gasteiger partial charge in [-0.05, 0) is 62.8 Å². The average molecular weight is 340 g/mol. The predicted octanol–water partition coefficient (Wildman–Crippen LogP) is 5.27. The minimum absolute atomic E-state index is 0.233. The zero-order valence-electron chi connectivity index (χ0n) is 15.5. The van der Waals surface area contributed by atoms with Gasteiger partial charge in [-0.1, -0.05) is 43.7 Å². The van der Waals surface area contributed by atoms with Crippen molar-refractivity contribution in [1.29, 1.82) is 0 Å². The van der Waals surface area contributed by atoms with E-state index in [1.54, 1.807) is 12.1 Å². The molecule has 0 saturated carbocycles. The normalized spacial score (nSPS) is 21.3. The summed E-state index contributed by atoms with van der Waals surface area (Å²) in [5, 5.41) is 0. The highest BCUT2D eigenvalue weighted by Gasteiger charge is 2.31. The second kappa shape index (κ2) is 8.80. The van der Waals surface area contributed by atoms with Crippen molar-refractivity contribution < 1.29 is 14.3 Å². The molecule has 0 radical (unpaired) electrons. The minimum Gasteiger partial charge on any atom is -0.454 e. The van der Waals surface area contributed by atoms with Gasteiger partial charge in [-0.25, -0.2) is 4.79 Å². The molecule has 0 amide bonds. The quantitative estimate of drug-likeness (QED) is 0.427. The van der Waals surface area contributed by atoms with Crippen LogP contribution in [0, 0.1) is 5.41 Å². The van der Waals surface area contributed by atoms with Crippen LogP contribution < -0.4 is 0 Å². The molecule has 1 aromatic rings. The molecule has 0 aliphatic heterocycles. The number of carbonyl (C=O) groups is 2. The summed E-state index contributed by atoms with van der Waals surface area (Å²) in [6.45, 7) is 6.35. The van der Waals surface area contributed by atoms with E-state index in [-0.39, 0.29) is 11.4 Å². The molecule has 0 aromatic heterocycles. The summed E-state index contributed by atoms with van der Waals surface area (Å²) in [4.78, 5) is 24.0. The fourth-order valence-electron chi connectivity index (χ4n) is 3.11. The lowest BCUT2D eigenvalue weighted by atomic mass is 9.80. The molecule has 0 N–H and O–H groups in total. The van der Waals surface area contributed by atoms with E-state index in [1.807, 2.05) is 24.3 Å². The number of ether oxygens (including phenoxy) is 1. The SMILES string of the molecule is CC1=CCCC(C=O)=C[C@@H](OC(=O)c2ccccc2)C(C)(C)CCC1. The third kappa shape index (κ3) is 5.70. The third-order valence-corrected chi connectivity index (χ3v) is 4.85. The molecule has 3 nitrogen and oxygen atoms in total. The van der Waals surface area contributed by atoms with E-state index in [9.17, 15) is 9.59 Å². The van der Waals surface area contributed by atoms with Crippen LogP contribution in [0.5, 0.6) is 0 Å². The lowest BCUT2D eigenvalue weighted by molar-refractivity contribution is -0.105. The summed E-state index contributed by atoms with van der Waals surface area (Å²) >= 11 is 0. The van der Waals surface area contributed by atoms with E-state index in [2.05, 4.69) is 26.8 Å². The fourth-order valence-corrected chi connectivity index (χ4v) is 3.11. The smallest absolute Gasteiger partial charge is 0.338 e. The van der Waals surface area contributed by atoms with Crippen LogP contribution in [-0.2, 0) is 9.53 Å². The summed E-state index contributed by atoms with van der Waals surface area (Å²) in [6.07, 6.45) is 9.06. The minimum atomic E-state index is -0.418. The molecule has 25 heavy (non-hydrogen) atoms. The average Bonchev–Trinajstić information content (AvgIpc) is 2.61. The number of aldehydes is 1. The second-order valence-corrected chi connectivity index (χ2v) is 7.48. The lowest BCUT2D eigenvalue weighted by Gasteiger charge is -2.32. The summed E-state index contributed by atoms with van der Waals surface area (Å²) in [5.74, 6) is -0.343. The molecule has 134 valence electrons. The summed E-state index contributed by atoms with van der Waals surface area (Å²) in [5.41, 5.74) is 2.36. The van der Waals surface area contributed by atoms with Gasteiger partial charge in [-0.15, -0.1) is 0 Å². The van der Waals surface area contributed by atoms with E-state index in [4.69, 9.17) is 4.74 Å². The standard InChI is InChI=1S/C22H28O3/c1-17-9-7-11-18(16-23)15-20(22(2,3)14-8-10-17)25-21(24)19-12-5-4-6-13-19/h4-6,9,12-13,15-16,20H,7-8,10-11,14H2,1-3H3/t20-/m1/s1. The number of esters is 1. The monoisotopic (exact) mass is 340 g/mol. The molecule has 0 bridgehead atoms. The molecular formula is C22H28O3. The Bertz CT molecular complexity index is 653. The molecule has 0 spiro atoms. The Morgan fingerprint density at radius 1 is 1.20 bits per heavy atom. The molecular weight excluding hydrogens is 312 g/mol. The lowest BCUT2D eigenvalue weighted by Crippen LogP contribution is -2.33. The van der Waals surface area contributed by atoms with Crippen LogP contribution in [0.3, 0.4) is 0 Å². The molecule has 1 aliphatic rings. The van der Waals surface area contributed by atoms with Crippen LogP contribution in [-0.4, -0.2) is 18.4 Å². The number of carbonyl (C=O) groups excluding carboxylic acids is 2. The van der Waals surface area contributed by atoms with Gasteiger partial charge in [0.05, 0.1) is 5.56 Å². The number of allylic oxidation sites excluding steroid dienone is 3. The highest BCUT2D eigenvalue weighted by molar-refractivity contribution is 5.89. The predicted molar refractivity (Wildman–Crippen MR) is 100 cm³/mol. The Labute approximate surface area is 150 Å². The van der Waals surface area contributed by atoms with Crippen molar-refractivity contribution in [2.45, 2.75) is 59.0 Å². The van der Waals surface area contributed by atoms with Gasteiger partial charge in [-0.3, -0.25) is 4.79 Å². The Morgan fingerprint density at radius 2 is 1.92 bits per heavy atom. The van der Waals surface area contributed by atoms with Crippen molar-refractivity contribution in [2.24, 2.45) is 5.41 Å². The second-order valence-electron chi connectivity index (χ2n) is 7.48. The molecule has 1 aromatic carbocycles. The molecule has 0 fully saturated rings. The molecule has 0 saturated heterocycles. The Balaban J connectivity index is 2.26. The van der Waals surface area contributed by atoms with Crippen molar-refractivity contribution >= 4 is 12.3 Å². The third-order valence-electron chi connectivity index (χ3n) is 4.85. The van der Waals surface area contributed by atoms with Gasteiger partial charge in [0.15, 0.2) is 0 Å². The molecule has 1 aliphatic carbocycles. The first-order chi connectivity index (χ1) is 11.9. The number of hydrogen-bond acceptors (Lipinski definition) is 3. The summed E-state index contributed by atoms with van der Waals surface area (Å²) in [7, 11) is 0. The van der Waals surface area contributed by atoms with Crippen molar-refractivity contribution in [3.8, 4) is 0 Å². The van der Waals surface area contributed by atoms with Gasteiger partial charge in [0.2, 0.25) is 0 Å². The largest absolute Gasteiger partial charge is 0.454 e. The van der Waals surface area contributed by atoms with Gasteiger partial charge in [-0.2, -0.15) is 0 Å². The van der Waals surface area contributed by atoms with Gasteiger partial charge >= 0.3 is 5.97 Å². The van der Waals surface area contributed by atoms with Crippen molar-refractivity contribution in [2.75, 3.05) is 0 Å². The van der Waals surface area contributed by atoms with E-state index >= 15 is 0 Å². The first-order valence-corrected chi connectivity index (χ1v) is 9.00. The van der Waals surface area contributed by atoms with Crippen LogP contribution in [0.2, 0.25) is 0 Å². The highest BCUT2D eigenvalue weighted by atomic mass is 16.5. The van der Waals surface area contributed by atoms with Crippen molar-refractivity contribution in [1.82, 2.24) is 0 Å². The van der Waals surface area contributed by atoms with Gasteiger partial charge in [0.25, 0.3) is 0 Å². The zero-order chi connectivity index (χ0) is 18.3. The fraction of sp³-hybridized carbons (Fsp3) is 0.455. The first kappa shape index (κ1) is 19.2. The summed E-state index contributed by atoms with van der Waals surface area (Å²) < 4.78 is 5.83.